The molecule has 9 nitrogen and oxygen atoms in total. The van der Waals surface area contributed by atoms with E-state index in [4.69, 9.17) is 14.2 Å². The van der Waals surface area contributed by atoms with Crippen molar-refractivity contribution in [3.63, 3.8) is 0 Å². The van der Waals surface area contributed by atoms with Gasteiger partial charge in [-0.25, -0.2) is 4.79 Å². The molecule has 2 fully saturated rings. The molecule has 164 valence electrons. The van der Waals surface area contributed by atoms with Gasteiger partial charge in [0, 0.05) is 23.2 Å². The topological polar surface area (TPSA) is 97.4 Å². The SMILES string of the molecule is COc1cc(N2CCOCC2=O)ccc1N1CC(CNC(=O)c2ccc(C)s2)OC1=O. The summed E-state index contributed by atoms with van der Waals surface area (Å²) in [5.41, 5.74) is 1.22. The summed E-state index contributed by atoms with van der Waals surface area (Å²) in [5, 5.41) is 2.81. The Kier molecular flexibility index (Phi) is 6.10. The lowest BCUT2D eigenvalue weighted by atomic mass is 10.2. The lowest BCUT2D eigenvalue weighted by Gasteiger charge is -2.28. The van der Waals surface area contributed by atoms with E-state index in [0.29, 0.717) is 35.2 Å². The van der Waals surface area contributed by atoms with E-state index in [9.17, 15) is 14.4 Å². The normalized spacial score (nSPS) is 18.8. The molecule has 1 atom stereocenters. The Morgan fingerprint density at radius 3 is 2.81 bits per heavy atom. The quantitative estimate of drug-likeness (QED) is 0.732. The van der Waals surface area contributed by atoms with Gasteiger partial charge in [-0.3, -0.25) is 14.5 Å². The van der Waals surface area contributed by atoms with Crippen LogP contribution < -0.4 is 19.9 Å². The lowest BCUT2D eigenvalue weighted by molar-refractivity contribution is -0.125. The van der Waals surface area contributed by atoms with Gasteiger partial charge in [0.2, 0.25) is 0 Å². The van der Waals surface area contributed by atoms with Crippen molar-refractivity contribution >= 4 is 40.6 Å². The summed E-state index contributed by atoms with van der Waals surface area (Å²) in [5.74, 6) is 0.135. The van der Waals surface area contributed by atoms with E-state index in [-0.39, 0.29) is 31.5 Å². The molecule has 3 amide bonds. The van der Waals surface area contributed by atoms with Gasteiger partial charge in [-0.2, -0.15) is 0 Å². The Morgan fingerprint density at radius 1 is 1.26 bits per heavy atom. The number of nitrogens with one attached hydrogen (secondary N) is 1. The molecular formula is C21H23N3O6S. The molecule has 2 aliphatic rings. The average molecular weight is 445 g/mol. The van der Waals surface area contributed by atoms with Crippen molar-refractivity contribution in [2.24, 2.45) is 0 Å². The van der Waals surface area contributed by atoms with Crippen molar-refractivity contribution in [1.29, 1.82) is 0 Å². The van der Waals surface area contributed by atoms with Crippen molar-refractivity contribution in [1.82, 2.24) is 5.32 Å². The molecule has 1 unspecified atom stereocenters. The Bertz CT molecular complexity index is 1010. The first-order valence-electron chi connectivity index (χ1n) is 9.85. The van der Waals surface area contributed by atoms with Gasteiger partial charge in [-0.05, 0) is 31.2 Å². The predicted molar refractivity (Wildman–Crippen MR) is 115 cm³/mol. The monoisotopic (exact) mass is 445 g/mol. The number of amides is 3. The molecule has 2 aromatic rings. The fraction of sp³-hybridized carbons (Fsp3) is 0.381. The molecule has 4 rings (SSSR count). The van der Waals surface area contributed by atoms with Crippen LogP contribution in [0.1, 0.15) is 14.5 Å². The number of thiophene rings is 1. The minimum atomic E-state index is -0.514. The molecule has 0 saturated carbocycles. The van der Waals surface area contributed by atoms with E-state index >= 15 is 0 Å². The van der Waals surface area contributed by atoms with Crippen molar-refractivity contribution in [3.05, 3.63) is 40.1 Å². The Hall–Kier alpha value is -3.11. The fourth-order valence-electron chi connectivity index (χ4n) is 3.52. The van der Waals surface area contributed by atoms with Gasteiger partial charge in [0.25, 0.3) is 11.8 Å². The summed E-state index contributed by atoms with van der Waals surface area (Å²) in [6.07, 6.45) is -0.998. The largest absolute Gasteiger partial charge is 0.494 e. The highest BCUT2D eigenvalue weighted by Crippen LogP contribution is 2.35. The lowest BCUT2D eigenvalue weighted by Crippen LogP contribution is -2.41. The summed E-state index contributed by atoms with van der Waals surface area (Å²) in [4.78, 5) is 41.6. The second-order valence-corrected chi connectivity index (χ2v) is 8.48. The molecule has 2 aliphatic heterocycles. The number of carbonyl (C=O) groups is 3. The molecular weight excluding hydrogens is 422 g/mol. The number of hydrogen-bond donors (Lipinski definition) is 1. The third-order valence-electron chi connectivity index (χ3n) is 5.08. The smallest absolute Gasteiger partial charge is 0.414 e. The van der Waals surface area contributed by atoms with Crippen LogP contribution in [-0.2, 0) is 14.3 Å². The van der Waals surface area contributed by atoms with Crippen LogP contribution in [0.3, 0.4) is 0 Å². The molecule has 0 bridgehead atoms. The molecule has 2 saturated heterocycles. The second kappa shape index (κ2) is 8.94. The van der Waals surface area contributed by atoms with Gasteiger partial charge in [-0.1, -0.05) is 0 Å². The van der Waals surface area contributed by atoms with Gasteiger partial charge in [-0.15, -0.1) is 11.3 Å². The number of rotatable bonds is 6. The zero-order valence-corrected chi connectivity index (χ0v) is 18.1. The van der Waals surface area contributed by atoms with Crippen LogP contribution >= 0.6 is 11.3 Å². The highest BCUT2D eigenvalue weighted by molar-refractivity contribution is 7.13. The maximum Gasteiger partial charge on any atom is 0.414 e. The number of morpholine rings is 1. The minimum Gasteiger partial charge on any atom is -0.494 e. The Labute approximate surface area is 183 Å². The minimum absolute atomic E-state index is 0.0426. The van der Waals surface area contributed by atoms with Crippen LogP contribution in [0.4, 0.5) is 16.2 Å². The summed E-state index contributed by atoms with van der Waals surface area (Å²) < 4.78 is 16.1. The highest BCUT2D eigenvalue weighted by atomic mass is 32.1. The van der Waals surface area contributed by atoms with Crippen LogP contribution in [-0.4, -0.2) is 64.0 Å². The Morgan fingerprint density at radius 2 is 2.10 bits per heavy atom. The van der Waals surface area contributed by atoms with Gasteiger partial charge < -0.3 is 24.4 Å². The van der Waals surface area contributed by atoms with E-state index < -0.39 is 12.2 Å². The van der Waals surface area contributed by atoms with Crippen LogP contribution in [0.15, 0.2) is 30.3 Å². The standard InChI is InChI=1S/C21H23N3O6S/c1-13-3-6-18(31-13)20(26)22-10-15-11-24(21(27)30-15)16-5-4-14(9-17(16)28-2)23-7-8-29-12-19(23)25/h3-6,9,15H,7-8,10-12H2,1-2H3,(H,22,26). The van der Waals surface area contributed by atoms with Crippen molar-refractivity contribution in [2.75, 3.05) is 49.8 Å². The van der Waals surface area contributed by atoms with Crippen molar-refractivity contribution < 1.29 is 28.6 Å². The maximum atomic E-state index is 12.5. The number of nitrogens with zero attached hydrogens (tertiary/aromatic N) is 2. The molecule has 0 radical (unpaired) electrons. The van der Waals surface area contributed by atoms with E-state index in [1.165, 1.54) is 23.3 Å². The molecule has 31 heavy (non-hydrogen) atoms. The number of ether oxygens (including phenoxy) is 3. The van der Waals surface area contributed by atoms with Crippen LogP contribution in [0.5, 0.6) is 5.75 Å². The van der Waals surface area contributed by atoms with Gasteiger partial charge in [0.15, 0.2) is 0 Å². The predicted octanol–water partition coefficient (Wildman–Crippen LogP) is 2.18. The van der Waals surface area contributed by atoms with Crippen molar-refractivity contribution in [3.8, 4) is 5.75 Å². The summed E-state index contributed by atoms with van der Waals surface area (Å²) in [7, 11) is 1.51. The number of aryl methyl sites for hydroxylation is 1. The Balaban J connectivity index is 1.43. The summed E-state index contributed by atoms with van der Waals surface area (Å²) >= 11 is 1.41. The molecule has 10 heteroatoms. The second-order valence-electron chi connectivity index (χ2n) is 7.19. The van der Waals surface area contributed by atoms with Crippen LogP contribution in [0.25, 0.3) is 0 Å². The van der Waals surface area contributed by atoms with Gasteiger partial charge >= 0.3 is 6.09 Å². The highest BCUT2D eigenvalue weighted by Gasteiger charge is 2.34. The number of anilines is 2. The van der Waals surface area contributed by atoms with E-state index in [0.717, 1.165) is 4.88 Å². The number of methoxy groups -OCH3 is 1. The fourth-order valence-corrected chi connectivity index (χ4v) is 4.31. The molecule has 1 aromatic carbocycles. The summed E-state index contributed by atoms with van der Waals surface area (Å²) in [6, 6.07) is 8.88. The molecule has 0 aliphatic carbocycles. The van der Waals surface area contributed by atoms with Gasteiger partial charge in [0.1, 0.15) is 18.5 Å². The molecule has 1 aromatic heterocycles. The third-order valence-corrected chi connectivity index (χ3v) is 6.08. The third kappa shape index (κ3) is 4.49. The van der Waals surface area contributed by atoms with E-state index in [1.54, 1.807) is 29.2 Å². The first-order valence-corrected chi connectivity index (χ1v) is 10.7. The number of cyclic esters (lactones) is 1. The molecule has 0 spiro atoms. The van der Waals surface area contributed by atoms with E-state index in [2.05, 4.69) is 5.32 Å². The number of carbonyl (C=O) groups excluding carboxylic acids is 3. The summed E-state index contributed by atoms with van der Waals surface area (Å²) in [6.45, 7) is 3.38. The number of hydrogen-bond acceptors (Lipinski definition) is 7. The number of benzene rings is 1. The first-order chi connectivity index (χ1) is 15.0. The first kappa shape index (κ1) is 21.1. The van der Waals surface area contributed by atoms with Crippen LogP contribution in [0, 0.1) is 6.92 Å². The van der Waals surface area contributed by atoms with Crippen LogP contribution in [0.2, 0.25) is 0 Å². The van der Waals surface area contributed by atoms with Gasteiger partial charge in [0.05, 0.1) is 37.4 Å². The zero-order valence-electron chi connectivity index (χ0n) is 17.3. The molecule has 1 N–H and O–H groups in total. The maximum absolute atomic E-state index is 12.5. The molecule has 3 heterocycles. The average Bonchev–Trinajstić information content (AvgIpc) is 3.37. The van der Waals surface area contributed by atoms with E-state index in [1.807, 2.05) is 13.0 Å². The zero-order chi connectivity index (χ0) is 22.0. The van der Waals surface area contributed by atoms with Crippen molar-refractivity contribution in [2.45, 2.75) is 13.0 Å².